The zero-order valence-electron chi connectivity index (χ0n) is 14.5. The summed E-state index contributed by atoms with van der Waals surface area (Å²) in [5.74, 6) is -1.85. The van der Waals surface area contributed by atoms with E-state index in [1.165, 1.54) is 47.0 Å². The molecule has 0 aliphatic carbocycles. The SMILES string of the molecule is O=C(O)c1cc2nc(-c3ccc(C(F)(F)F)cc3)cc(-c3ccccc3F)n2n1. The Hall–Kier alpha value is -3.75. The van der Waals surface area contributed by atoms with Crippen LogP contribution in [0.2, 0.25) is 0 Å². The van der Waals surface area contributed by atoms with Crippen LogP contribution in [0.5, 0.6) is 0 Å². The molecule has 0 fully saturated rings. The number of benzene rings is 2. The smallest absolute Gasteiger partial charge is 0.416 e. The highest BCUT2D eigenvalue weighted by Gasteiger charge is 2.30. The van der Waals surface area contributed by atoms with Crippen LogP contribution in [-0.4, -0.2) is 25.7 Å². The maximum absolute atomic E-state index is 14.4. The molecule has 0 saturated heterocycles. The molecule has 0 spiro atoms. The maximum Gasteiger partial charge on any atom is 0.416 e. The van der Waals surface area contributed by atoms with E-state index < -0.39 is 23.5 Å². The van der Waals surface area contributed by atoms with E-state index in [0.29, 0.717) is 5.56 Å². The highest BCUT2D eigenvalue weighted by atomic mass is 19.4. The molecule has 1 N–H and O–H groups in total. The third kappa shape index (κ3) is 3.42. The minimum absolute atomic E-state index is 0.123. The van der Waals surface area contributed by atoms with Gasteiger partial charge >= 0.3 is 12.1 Å². The Morgan fingerprint density at radius 3 is 2.31 bits per heavy atom. The number of hydrogen-bond donors (Lipinski definition) is 1. The van der Waals surface area contributed by atoms with E-state index >= 15 is 0 Å². The van der Waals surface area contributed by atoms with E-state index in [2.05, 4.69) is 10.1 Å². The minimum atomic E-state index is -4.48. The van der Waals surface area contributed by atoms with Gasteiger partial charge in [-0.25, -0.2) is 18.7 Å². The number of nitrogens with zero attached hydrogens (tertiary/aromatic N) is 3. The summed E-state index contributed by atoms with van der Waals surface area (Å²) in [6, 6.07) is 12.8. The molecule has 2 aromatic heterocycles. The molecule has 0 amide bonds. The van der Waals surface area contributed by atoms with E-state index in [9.17, 15) is 27.5 Å². The molecule has 0 aliphatic rings. The topological polar surface area (TPSA) is 67.5 Å². The van der Waals surface area contributed by atoms with Gasteiger partial charge in [0.2, 0.25) is 0 Å². The first kappa shape index (κ1) is 18.6. The van der Waals surface area contributed by atoms with Crippen molar-refractivity contribution < 1.29 is 27.5 Å². The fraction of sp³-hybridized carbons (Fsp3) is 0.0500. The molecule has 29 heavy (non-hydrogen) atoms. The number of carboxylic acid groups (broad SMARTS) is 1. The molecule has 0 radical (unpaired) electrons. The Bertz CT molecular complexity index is 1230. The summed E-state index contributed by atoms with van der Waals surface area (Å²) < 4.78 is 54.0. The molecule has 2 aromatic carbocycles. The Labute approximate surface area is 160 Å². The van der Waals surface area contributed by atoms with Gasteiger partial charge in [0.25, 0.3) is 0 Å². The molecule has 0 unspecified atom stereocenters. The standard InChI is InChI=1S/C20H11F4N3O2/c21-14-4-2-1-3-13(14)17-9-15(11-5-7-12(8-6-11)20(22,23)24)25-18-10-16(19(28)29)26-27(17)18/h1-10H,(H,28,29). The first-order chi connectivity index (χ1) is 13.7. The van der Waals surface area contributed by atoms with Crippen molar-refractivity contribution in [1.29, 1.82) is 0 Å². The summed E-state index contributed by atoms with van der Waals surface area (Å²) in [6.45, 7) is 0. The lowest BCUT2D eigenvalue weighted by Crippen LogP contribution is -2.04. The van der Waals surface area contributed by atoms with E-state index in [4.69, 9.17) is 0 Å². The van der Waals surface area contributed by atoms with Crippen molar-refractivity contribution in [1.82, 2.24) is 14.6 Å². The van der Waals surface area contributed by atoms with Crippen molar-refractivity contribution in [3.05, 3.63) is 77.7 Å². The summed E-state index contributed by atoms with van der Waals surface area (Å²) in [5, 5.41) is 13.2. The zero-order valence-corrected chi connectivity index (χ0v) is 14.5. The number of halogens is 4. The van der Waals surface area contributed by atoms with Gasteiger partial charge in [-0.2, -0.15) is 18.3 Å². The Morgan fingerprint density at radius 2 is 1.69 bits per heavy atom. The fourth-order valence-corrected chi connectivity index (χ4v) is 2.92. The number of fused-ring (bicyclic) bond motifs is 1. The number of aromatic nitrogens is 3. The molecule has 2 heterocycles. The molecule has 4 aromatic rings. The highest BCUT2D eigenvalue weighted by Crippen LogP contribution is 2.32. The van der Waals surface area contributed by atoms with Crippen LogP contribution in [0, 0.1) is 5.82 Å². The van der Waals surface area contributed by atoms with Crippen LogP contribution in [0.15, 0.2) is 60.7 Å². The molecule has 9 heteroatoms. The Balaban J connectivity index is 1.94. The van der Waals surface area contributed by atoms with Gasteiger partial charge in [0.15, 0.2) is 11.3 Å². The predicted molar refractivity (Wildman–Crippen MR) is 95.8 cm³/mol. The summed E-state index contributed by atoms with van der Waals surface area (Å²) in [7, 11) is 0. The number of carboxylic acids is 1. The van der Waals surface area contributed by atoms with E-state index in [-0.39, 0.29) is 28.3 Å². The number of rotatable bonds is 3. The van der Waals surface area contributed by atoms with Gasteiger partial charge in [-0.05, 0) is 30.3 Å². The van der Waals surface area contributed by atoms with Gasteiger partial charge in [0.05, 0.1) is 17.0 Å². The third-order valence-corrected chi connectivity index (χ3v) is 4.30. The number of alkyl halides is 3. The molecule has 0 saturated carbocycles. The van der Waals surface area contributed by atoms with Gasteiger partial charge in [-0.1, -0.05) is 24.3 Å². The van der Waals surface area contributed by atoms with Crippen molar-refractivity contribution in [2.24, 2.45) is 0 Å². The first-order valence-electron chi connectivity index (χ1n) is 8.31. The number of hydrogen-bond acceptors (Lipinski definition) is 3. The molecule has 0 bridgehead atoms. The lowest BCUT2D eigenvalue weighted by molar-refractivity contribution is -0.137. The van der Waals surface area contributed by atoms with E-state index in [0.717, 1.165) is 12.1 Å². The van der Waals surface area contributed by atoms with Gasteiger partial charge in [-0.15, -0.1) is 0 Å². The second-order valence-electron chi connectivity index (χ2n) is 6.19. The predicted octanol–water partition coefficient (Wildman–Crippen LogP) is 4.92. The average molecular weight is 401 g/mol. The van der Waals surface area contributed by atoms with Crippen LogP contribution in [-0.2, 0) is 6.18 Å². The first-order valence-corrected chi connectivity index (χ1v) is 8.31. The zero-order chi connectivity index (χ0) is 20.8. The molecular formula is C20H11F4N3O2. The molecular weight excluding hydrogens is 390 g/mol. The summed E-state index contributed by atoms with van der Waals surface area (Å²) >= 11 is 0. The summed E-state index contributed by atoms with van der Waals surface area (Å²) in [6.07, 6.45) is -4.48. The van der Waals surface area contributed by atoms with Crippen LogP contribution in [0.1, 0.15) is 16.1 Å². The van der Waals surface area contributed by atoms with Crippen LogP contribution >= 0.6 is 0 Å². The lowest BCUT2D eigenvalue weighted by atomic mass is 10.1. The fourth-order valence-electron chi connectivity index (χ4n) is 2.92. The van der Waals surface area contributed by atoms with Crippen molar-refractivity contribution in [3.63, 3.8) is 0 Å². The minimum Gasteiger partial charge on any atom is -0.476 e. The van der Waals surface area contributed by atoms with Crippen molar-refractivity contribution in [2.75, 3.05) is 0 Å². The molecule has 5 nitrogen and oxygen atoms in total. The molecule has 0 aliphatic heterocycles. The summed E-state index contributed by atoms with van der Waals surface area (Å²) in [5.41, 5.74) is -0.00652. The monoisotopic (exact) mass is 401 g/mol. The van der Waals surface area contributed by atoms with Crippen molar-refractivity contribution in [2.45, 2.75) is 6.18 Å². The summed E-state index contributed by atoms with van der Waals surface area (Å²) in [4.78, 5) is 15.6. The quantitative estimate of drug-likeness (QED) is 0.495. The van der Waals surface area contributed by atoms with Crippen LogP contribution in [0.25, 0.3) is 28.2 Å². The largest absolute Gasteiger partial charge is 0.476 e. The van der Waals surface area contributed by atoms with E-state index in [1.807, 2.05) is 0 Å². The van der Waals surface area contributed by atoms with Crippen LogP contribution < -0.4 is 0 Å². The Morgan fingerprint density at radius 1 is 1.00 bits per heavy atom. The van der Waals surface area contributed by atoms with Crippen LogP contribution in [0.4, 0.5) is 17.6 Å². The lowest BCUT2D eigenvalue weighted by Gasteiger charge is -2.10. The van der Waals surface area contributed by atoms with Gasteiger partial charge in [0.1, 0.15) is 5.82 Å². The average Bonchev–Trinajstić information content (AvgIpc) is 3.12. The molecule has 4 rings (SSSR count). The van der Waals surface area contributed by atoms with Gasteiger partial charge < -0.3 is 5.11 Å². The molecule has 0 atom stereocenters. The maximum atomic E-state index is 14.4. The highest BCUT2D eigenvalue weighted by molar-refractivity contribution is 5.87. The third-order valence-electron chi connectivity index (χ3n) is 4.30. The Kier molecular flexibility index (Phi) is 4.30. The second kappa shape index (κ2) is 6.69. The number of aromatic carboxylic acids is 1. The number of carbonyl (C=O) groups is 1. The van der Waals surface area contributed by atoms with Gasteiger partial charge in [0, 0.05) is 17.2 Å². The van der Waals surface area contributed by atoms with Crippen molar-refractivity contribution >= 4 is 11.6 Å². The van der Waals surface area contributed by atoms with Crippen LogP contribution in [0.3, 0.4) is 0 Å². The normalized spacial score (nSPS) is 11.7. The van der Waals surface area contributed by atoms with E-state index in [1.54, 1.807) is 6.07 Å². The van der Waals surface area contributed by atoms with Crippen molar-refractivity contribution in [3.8, 4) is 22.5 Å². The van der Waals surface area contributed by atoms with Gasteiger partial charge in [-0.3, -0.25) is 0 Å². The molecule has 146 valence electrons. The second-order valence-corrected chi connectivity index (χ2v) is 6.19.